The molecule has 550 valence electrons. The minimum absolute atomic E-state index is 0.600. The third-order valence-corrected chi connectivity index (χ3v) is 24.1. The van der Waals surface area contributed by atoms with E-state index in [1.807, 2.05) is 32.4 Å². The van der Waals surface area contributed by atoms with Crippen LogP contribution in [0.2, 0.25) is 0 Å². The van der Waals surface area contributed by atoms with Crippen LogP contribution in [0.25, 0.3) is 145 Å². The summed E-state index contributed by atoms with van der Waals surface area (Å²) in [6.45, 7) is 12.5. The molecule has 0 N–H and O–H groups in total. The van der Waals surface area contributed by atoms with Crippen molar-refractivity contribution in [1.82, 2.24) is 34.9 Å². The summed E-state index contributed by atoms with van der Waals surface area (Å²) in [7, 11) is 0. The van der Waals surface area contributed by atoms with E-state index in [-0.39, 0.29) is 0 Å². The number of hydrogen-bond acceptors (Lipinski definition) is 7. The first-order chi connectivity index (χ1) is 56.9. The van der Waals surface area contributed by atoms with E-state index in [9.17, 15) is 0 Å². The Kier molecular flexibility index (Phi) is 17.6. The zero-order chi connectivity index (χ0) is 78.2. The van der Waals surface area contributed by atoms with E-state index in [1.165, 1.54) is 66.8 Å². The molecule has 0 bridgehead atoms. The van der Waals surface area contributed by atoms with Crippen molar-refractivity contribution in [2.24, 2.45) is 0 Å². The summed E-state index contributed by atoms with van der Waals surface area (Å²) in [5.74, 6) is 2.61. The minimum atomic E-state index is -0.751. The molecular weight excluding hydrogens is 1410 g/mol. The van der Waals surface area contributed by atoms with Crippen molar-refractivity contribution < 1.29 is 0 Å². The first kappa shape index (κ1) is 70.6. The fourth-order valence-electron chi connectivity index (χ4n) is 18.4. The Morgan fingerprint density at radius 2 is 0.664 bits per heavy atom. The molecule has 20 rings (SSSR count). The summed E-state index contributed by atoms with van der Waals surface area (Å²) in [6, 6.07) is 129. The molecule has 0 saturated carbocycles. The molecule has 2 unspecified atom stereocenters. The highest BCUT2D eigenvalue weighted by atomic mass is 15.0. The standard InChI is InChI=1S/C109H79N7/c1-68-61-96(71(4)111-65-68)91-31-18-16-29-89(91)80-51-57-87(58-52-80)108(85-25-12-8-13-26-85)99-35-21-20-33-93(99)97-62-84(54-60-100(97)108)107-115-73(6)114-106(116-107)82-47-43-78(44-48-82)76-37-39-77(40-38-76)79-49-55-88(56-50-79)109(86-27-14-9-15-28-86)101-36-22-34-95(104-64-103(112-72(5)113-104)81-45-41-75(42-46-81)74-23-10-7-11-24-74)105(101)94-59-53-83(63-102(94)109)90-30-17-19-32-92(90)98-67-110-66-69(2)70(98)3/h7-67H,1-6H3. The molecule has 2 atom stereocenters. The predicted molar refractivity (Wildman–Crippen MR) is 474 cm³/mol. The van der Waals surface area contributed by atoms with Gasteiger partial charge in [0, 0.05) is 57.7 Å². The number of aryl methyl sites for hydroxylation is 5. The third-order valence-electron chi connectivity index (χ3n) is 24.1. The molecule has 4 heterocycles. The lowest BCUT2D eigenvalue weighted by molar-refractivity contribution is 0.768. The average molecular weight is 1490 g/mol. The molecular formula is C109H79N7. The van der Waals surface area contributed by atoms with Crippen molar-refractivity contribution >= 4 is 0 Å². The van der Waals surface area contributed by atoms with Gasteiger partial charge in [0.1, 0.15) is 11.6 Å². The SMILES string of the molecule is Cc1cnc(C)c(-c2ccccc2-c2ccc(C3(c4ccccc4)c4ccccc4-c4cc(-c5nc(C)nc(-c6ccc(-c7ccc(-c8ccc(C9(c%10ccccc%10)c%10cc(-c%11ccccc%11-c%11cncc(C)c%11C)ccc%10-c%10c(-c%11cc(-c%12ccc(-c%13ccccc%13)cc%12)nc(C)n%11)cccc%109)cc8)cc7)cc6)n5)ccc43)cc2)c1. The average Bonchev–Trinajstić information content (AvgIpc) is 1.53. The molecule has 2 aliphatic rings. The molecule has 7 heteroatoms. The summed E-state index contributed by atoms with van der Waals surface area (Å²) in [4.78, 5) is 35.1. The van der Waals surface area contributed by atoms with Gasteiger partial charge in [-0.25, -0.2) is 24.9 Å². The van der Waals surface area contributed by atoms with Crippen LogP contribution in [0, 0.1) is 41.5 Å². The highest BCUT2D eigenvalue weighted by Crippen LogP contribution is 2.61. The maximum absolute atomic E-state index is 5.28. The van der Waals surface area contributed by atoms with E-state index < -0.39 is 10.8 Å². The first-order valence-electron chi connectivity index (χ1n) is 39.8. The number of rotatable bonds is 15. The van der Waals surface area contributed by atoms with Gasteiger partial charge in [0.05, 0.1) is 22.2 Å². The van der Waals surface area contributed by atoms with Crippen LogP contribution in [-0.2, 0) is 10.8 Å². The van der Waals surface area contributed by atoms with Gasteiger partial charge in [0.2, 0.25) is 0 Å². The second-order valence-corrected chi connectivity index (χ2v) is 30.9. The number of aromatic nitrogens is 7. The van der Waals surface area contributed by atoms with Crippen LogP contribution >= 0.6 is 0 Å². The lowest BCUT2D eigenvalue weighted by atomic mass is 9.67. The molecule has 0 spiro atoms. The third kappa shape index (κ3) is 12.0. The Balaban J connectivity index is 0.621. The van der Waals surface area contributed by atoms with Crippen molar-refractivity contribution in [3.8, 4) is 145 Å². The lowest BCUT2D eigenvalue weighted by Gasteiger charge is -2.34. The second-order valence-electron chi connectivity index (χ2n) is 30.9. The smallest absolute Gasteiger partial charge is 0.163 e. The van der Waals surface area contributed by atoms with Crippen LogP contribution in [0.1, 0.15) is 78.5 Å². The molecule has 0 radical (unpaired) electrons. The van der Waals surface area contributed by atoms with Gasteiger partial charge in [-0.15, -0.1) is 0 Å². The first-order valence-corrected chi connectivity index (χ1v) is 39.8. The molecule has 14 aromatic carbocycles. The predicted octanol–water partition coefficient (Wildman–Crippen LogP) is 26.4. The number of pyridine rings is 2. The Morgan fingerprint density at radius 3 is 1.29 bits per heavy atom. The van der Waals surface area contributed by atoms with Gasteiger partial charge in [0.25, 0.3) is 0 Å². The summed E-state index contributed by atoms with van der Waals surface area (Å²) in [5.41, 5.74) is 39.1. The van der Waals surface area contributed by atoms with Gasteiger partial charge in [-0.3, -0.25) is 9.97 Å². The quantitative estimate of drug-likeness (QED) is 0.101. The van der Waals surface area contributed by atoms with Gasteiger partial charge < -0.3 is 0 Å². The van der Waals surface area contributed by atoms with Crippen LogP contribution in [0.5, 0.6) is 0 Å². The monoisotopic (exact) mass is 1490 g/mol. The zero-order valence-electron chi connectivity index (χ0n) is 65.3. The van der Waals surface area contributed by atoms with E-state index in [4.69, 9.17) is 34.9 Å². The van der Waals surface area contributed by atoms with Gasteiger partial charge in [-0.2, -0.15) is 0 Å². The number of fused-ring (bicyclic) bond motifs is 6. The van der Waals surface area contributed by atoms with Crippen LogP contribution in [0.3, 0.4) is 0 Å². The Morgan fingerprint density at radius 1 is 0.224 bits per heavy atom. The number of nitrogens with zero attached hydrogens (tertiary/aromatic N) is 7. The molecule has 116 heavy (non-hydrogen) atoms. The fraction of sp³-hybridized carbons (Fsp3) is 0.0734. The normalized spacial score (nSPS) is 14.4. The highest BCUT2D eigenvalue weighted by molar-refractivity contribution is 5.98. The fourth-order valence-corrected chi connectivity index (χ4v) is 18.4. The Labute approximate surface area is 677 Å². The van der Waals surface area contributed by atoms with E-state index in [1.54, 1.807) is 0 Å². The molecule has 0 fully saturated rings. The van der Waals surface area contributed by atoms with Crippen LogP contribution in [0.4, 0.5) is 0 Å². The van der Waals surface area contributed by atoms with Gasteiger partial charge in [-0.05, 0) is 216 Å². The van der Waals surface area contributed by atoms with Gasteiger partial charge >= 0.3 is 0 Å². The molecule has 0 amide bonds. The highest BCUT2D eigenvalue weighted by Gasteiger charge is 2.49. The van der Waals surface area contributed by atoms with Crippen molar-refractivity contribution in [2.45, 2.75) is 52.4 Å². The van der Waals surface area contributed by atoms with E-state index >= 15 is 0 Å². The molecule has 7 nitrogen and oxygen atoms in total. The van der Waals surface area contributed by atoms with Crippen LogP contribution < -0.4 is 0 Å². The van der Waals surface area contributed by atoms with Crippen molar-refractivity contribution in [3.05, 3.63) is 449 Å². The minimum Gasteiger partial charge on any atom is -0.264 e. The van der Waals surface area contributed by atoms with E-state index in [0.29, 0.717) is 23.3 Å². The van der Waals surface area contributed by atoms with Gasteiger partial charge in [-0.1, -0.05) is 328 Å². The number of hydrogen-bond donors (Lipinski definition) is 0. The van der Waals surface area contributed by atoms with Crippen LogP contribution in [-0.4, -0.2) is 34.9 Å². The van der Waals surface area contributed by atoms with Crippen LogP contribution in [0.15, 0.2) is 370 Å². The maximum atomic E-state index is 5.28. The zero-order valence-corrected chi connectivity index (χ0v) is 65.3. The summed E-state index contributed by atoms with van der Waals surface area (Å²) < 4.78 is 0. The molecule has 0 aliphatic heterocycles. The largest absolute Gasteiger partial charge is 0.264 e. The van der Waals surface area contributed by atoms with Crippen molar-refractivity contribution in [2.75, 3.05) is 0 Å². The van der Waals surface area contributed by atoms with E-state index in [0.717, 1.165) is 134 Å². The Bertz CT molecular complexity index is 6840. The summed E-state index contributed by atoms with van der Waals surface area (Å²) in [6.07, 6.45) is 5.91. The lowest BCUT2D eigenvalue weighted by Crippen LogP contribution is -2.28. The van der Waals surface area contributed by atoms with Crippen molar-refractivity contribution in [1.29, 1.82) is 0 Å². The summed E-state index contributed by atoms with van der Waals surface area (Å²) in [5, 5.41) is 0. The van der Waals surface area contributed by atoms with Gasteiger partial charge in [0.15, 0.2) is 11.6 Å². The Hall–Kier alpha value is -14.5. The maximum Gasteiger partial charge on any atom is 0.163 e. The number of benzene rings is 14. The van der Waals surface area contributed by atoms with Crippen molar-refractivity contribution in [3.63, 3.8) is 0 Å². The second kappa shape index (κ2) is 28.9. The molecule has 18 aromatic rings. The van der Waals surface area contributed by atoms with E-state index in [2.05, 4.69) is 380 Å². The summed E-state index contributed by atoms with van der Waals surface area (Å²) >= 11 is 0. The molecule has 4 aromatic heterocycles. The molecule has 0 saturated heterocycles. The molecule has 2 aliphatic carbocycles. The topological polar surface area (TPSA) is 90.2 Å².